The summed E-state index contributed by atoms with van der Waals surface area (Å²) in [6.45, 7) is 0.858. The maximum absolute atomic E-state index is 11.4. The summed E-state index contributed by atoms with van der Waals surface area (Å²) in [4.78, 5) is 24.4. The molecule has 1 amide bonds. The Morgan fingerprint density at radius 2 is 2.00 bits per heavy atom. The van der Waals surface area contributed by atoms with Gasteiger partial charge in [0.25, 0.3) is 0 Å². The first kappa shape index (κ1) is 8.73. The van der Waals surface area contributed by atoms with Crippen LogP contribution in [0.1, 0.15) is 25.7 Å². The first-order valence-electron chi connectivity index (χ1n) is 4.92. The Hall–Kier alpha value is -0.860. The van der Waals surface area contributed by atoms with E-state index in [1.165, 1.54) is 0 Å². The maximum atomic E-state index is 11.4. The number of carbonyl (C=O) groups is 2. The van der Waals surface area contributed by atoms with Gasteiger partial charge in [-0.3, -0.25) is 9.59 Å². The number of nitrogens with zero attached hydrogens (tertiary/aromatic N) is 1. The number of ketones is 1. The van der Waals surface area contributed by atoms with Gasteiger partial charge in [0, 0.05) is 32.9 Å². The highest BCUT2D eigenvalue weighted by molar-refractivity contribution is 5.82. The second kappa shape index (κ2) is 3.13. The van der Waals surface area contributed by atoms with E-state index in [9.17, 15) is 9.59 Å². The summed E-state index contributed by atoms with van der Waals surface area (Å²) in [7, 11) is 1.86. The smallest absolute Gasteiger partial charge is 0.222 e. The summed E-state index contributed by atoms with van der Waals surface area (Å²) in [5, 5.41) is 0. The van der Waals surface area contributed by atoms with Crippen LogP contribution in [0.4, 0.5) is 0 Å². The fourth-order valence-electron chi connectivity index (χ4n) is 2.46. The van der Waals surface area contributed by atoms with Gasteiger partial charge >= 0.3 is 0 Å². The highest BCUT2D eigenvalue weighted by Crippen LogP contribution is 2.34. The van der Waals surface area contributed by atoms with Crippen molar-refractivity contribution in [3.05, 3.63) is 0 Å². The summed E-state index contributed by atoms with van der Waals surface area (Å²) >= 11 is 0. The molecule has 2 aliphatic rings. The summed E-state index contributed by atoms with van der Waals surface area (Å²) < 4.78 is 0. The summed E-state index contributed by atoms with van der Waals surface area (Å²) in [6, 6.07) is 0. The minimum Gasteiger partial charge on any atom is -0.345 e. The van der Waals surface area contributed by atoms with Gasteiger partial charge < -0.3 is 4.90 Å². The van der Waals surface area contributed by atoms with Crippen molar-refractivity contribution in [1.82, 2.24) is 4.90 Å². The normalized spacial score (nSPS) is 34.7. The summed E-state index contributed by atoms with van der Waals surface area (Å²) in [5.74, 6) is 1.49. The van der Waals surface area contributed by atoms with E-state index in [-0.39, 0.29) is 5.91 Å². The Bertz CT molecular complexity index is 249. The Labute approximate surface area is 78.1 Å². The molecule has 3 nitrogen and oxygen atoms in total. The lowest BCUT2D eigenvalue weighted by Gasteiger charge is -2.38. The average Bonchev–Trinajstić information content (AvgIpc) is 2.08. The second-order valence-electron chi connectivity index (χ2n) is 4.28. The zero-order valence-electron chi connectivity index (χ0n) is 7.95. The molecule has 0 bridgehead atoms. The fraction of sp³-hybridized carbons (Fsp3) is 0.800. The molecule has 0 aromatic rings. The topological polar surface area (TPSA) is 37.4 Å². The molecule has 2 rings (SSSR count). The first-order valence-corrected chi connectivity index (χ1v) is 4.92. The molecule has 3 heteroatoms. The van der Waals surface area contributed by atoms with Crippen LogP contribution in [0.15, 0.2) is 0 Å². The Kier molecular flexibility index (Phi) is 2.10. The van der Waals surface area contributed by atoms with Crippen molar-refractivity contribution in [3.63, 3.8) is 0 Å². The first-order chi connectivity index (χ1) is 6.16. The van der Waals surface area contributed by atoms with E-state index in [4.69, 9.17) is 0 Å². The molecule has 2 atom stereocenters. The molecule has 1 aliphatic carbocycles. The molecule has 1 heterocycles. The SMILES string of the molecule is CN1CC2CCC(=O)CC2CC1=O. The molecule has 72 valence electrons. The van der Waals surface area contributed by atoms with Crippen molar-refractivity contribution in [2.45, 2.75) is 25.7 Å². The number of likely N-dealkylation sites (tertiary alicyclic amines) is 1. The molecule has 2 unspecified atom stereocenters. The Morgan fingerprint density at radius 3 is 2.77 bits per heavy atom. The van der Waals surface area contributed by atoms with Crippen molar-refractivity contribution in [2.24, 2.45) is 11.8 Å². The minimum absolute atomic E-state index is 0.205. The lowest BCUT2D eigenvalue weighted by Crippen LogP contribution is -2.44. The van der Waals surface area contributed by atoms with Gasteiger partial charge in [-0.05, 0) is 18.3 Å². The monoisotopic (exact) mass is 181 g/mol. The van der Waals surface area contributed by atoms with E-state index in [2.05, 4.69) is 0 Å². The highest BCUT2D eigenvalue weighted by atomic mass is 16.2. The third kappa shape index (κ3) is 1.60. The van der Waals surface area contributed by atoms with Gasteiger partial charge in [0.2, 0.25) is 5.91 Å². The largest absolute Gasteiger partial charge is 0.345 e. The van der Waals surface area contributed by atoms with Crippen molar-refractivity contribution in [2.75, 3.05) is 13.6 Å². The van der Waals surface area contributed by atoms with E-state index >= 15 is 0 Å². The number of hydrogen-bond acceptors (Lipinski definition) is 2. The van der Waals surface area contributed by atoms with Crippen molar-refractivity contribution < 1.29 is 9.59 Å². The van der Waals surface area contributed by atoms with Gasteiger partial charge in [-0.1, -0.05) is 0 Å². The zero-order valence-corrected chi connectivity index (χ0v) is 7.95. The van der Waals surface area contributed by atoms with Crippen LogP contribution in [0.2, 0.25) is 0 Å². The standard InChI is InChI=1S/C10H15NO2/c1-11-6-7-2-3-9(12)4-8(7)5-10(11)13/h7-8H,2-6H2,1H3. The molecule has 1 aliphatic heterocycles. The molecule has 13 heavy (non-hydrogen) atoms. The van der Waals surface area contributed by atoms with Crippen molar-refractivity contribution >= 4 is 11.7 Å². The van der Waals surface area contributed by atoms with Crippen LogP contribution in [-0.4, -0.2) is 30.2 Å². The van der Waals surface area contributed by atoms with Crippen LogP contribution in [0, 0.1) is 11.8 Å². The van der Waals surface area contributed by atoms with Gasteiger partial charge in [-0.2, -0.15) is 0 Å². The molecule has 0 radical (unpaired) electrons. The fourth-order valence-corrected chi connectivity index (χ4v) is 2.46. The number of carbonyl (C=O) groups excluding carboxylic acids is 2. The minimum atomic E-state index is 0.205. The van der Waals surface area contributed by atoms with Gasteiger partial charge in [0.1, 0.15) is 5.78 Å². The molecule has 0 aromatic carbocycles. The molecule has 2 fully saturated rings. The lowest BCUT2D eigenvalue weighted by molar-refractivity contribution is -0.138. The molecule has 0 aromatic heterocycles. The Balaban J connectivity index is 2.06. The van der Waals surface area contributed by atoms with Gasteiger partial charge in [0.15, 0.2) is 0 Å². The molecule has 0 N–H and O–H groups in total. The van der Waals surface area contributed by atoms with E-state index in [1.807, 2.05) is 7.05 Å². The summed E-state index contributed by atoms with van der Waals surface area (Å²) in [5.41, 5.74) is 0. The Morgan fingerprint density at radius 1 is 1.23 bits per heavy atom. The lowest BCUT2D eigenvalue weighted by atomic mass is 9.74. The average molecular weight is 181 g/mol. The van der Waals surface area contributed by atoms with Crippen molar-refractivity contribution in [3.8, 4) is 0 Å². The predicted molar refractivity (Wildman–Crippen MR) is 48.1 cm³/mol. The quantitative estimate of drug-likeness (QED) is 0.555. The maximum Gasteiger partial charge on any atom is 0.222 e. The van der Waals surface area contributed by atoms with Crippen LogP contribution in [0.25, 0.3) is 0 Å². The predicted octanol–water partition coefficient (Wildman–Crippen LogP) is 0.834. The number of hydrogen-bond donors (Lipinski definition) is 0. The number of piperidine rings is 1. The molecular weight excluding hydrogens is 166 g/mol. The van der Waals surface area contributed by atoms with Crippen LogP contribution in [0.5, 0.6) is 0 Å². The third-order valence-corrected chi connectivity index (χ3v) is 3.32. The van der Waals surface area contributed by atoms with Gasteiger partial charge in [0.05, 0.1) is 0 Å². The highest BCUT2D eigenvalue weighted by Gasteiger charge is 2.36. The molecule has 0 spiro atoms. The van der Waals surface area contributed by atoms with Crippen LogP contribution in [0.3, 0.4) is 0 Å². The van der Waals surface area contributed by atoms with Crippen LogP contribution < -0.4 is 0 Å². The molecular formula is C10H15NO2. The number of Topliss-reactive ketones (excluding diaryl/α,β-unsaturated/α-hetero) is 1. The zero-order chi connectivity index (χ0) is 9.42. The molecule has 1 saturated heterocycles. The molecule has 1 saturated carbocycles. The second-order valence-corrected chi connectivity index (χ2v) is 4.28. The number of amides is 1. The van der Waals surface area contributed by atoms with Crippen LogP contribution >= 0.6 is 0 Å². The van der Waals surface area contributed by atoms with E-state index in [0.717, 1.165) is 19.4 Å². The number of rotatable bonds is 0. The van der Waals surface area contributed by atoms with E-state index in [1.54, 1.807) is 4.90 Å². The van der Waals surface area contributed by atoms with Crippen LogP contribution in [-0.2, 0) is 9.59 Å². The van der Waals surface area contributed by atoms with E-state index < -0.39 is 0 Å². The van der Waals surface area contributed by atoms with Gasteiger partial charge in [-0.15, -0.1) is 0 Å². The summed E-state index contributed by atoms with van der Waals surface area (Å²) in [6.07, 6.45) is 2.95. The van der Waals surface area contributed by atoms with Gasteiger partial charge in [-0.25, -0.2) is 0 Å². The van der Waals surface area contributed by atoms with E-state index in [0.29, 0.717) is 30.5 Å². The third-order valence-electron chi connectivity index (χ3n) is 3.32. The van der Waals surface area contributed by atoms with Crippen molar-refractivity contribution in [1.29, 1.82) is 0 Å². The number of fused-ring (bicyclic) bond motifs is 1.